The minimum atomic E-state index is -4.33. The third kappa shape index (κ3) is 4.05. The van der Waals surface area contributed by atoms with Gasteiger partial charge in [-0.05, 0) is 46.5 Å². The number of carbonyl (C=O) groups excluding carboxylic acids is 1. The first kappa shape index (κ1) is 16.5. The van der Waals surface area contributed by atoms with Crippen LogP contribution in [0, 0.1) is 17.7 Å². The molecule has 2 atom stereocenters. The van der Waals surface area contributed by atoms with Crippen molar-refractivity contribution >= 4 is 21.7 Å². The molecule has 1 saturated carbocycles. The molecule has 0 radical (unpaired) electrons. The molecule has 0 aliphatic heterocycles. The standard InChI is InChI=1S/C15H15BrF4O/c16-12-7-9(5-6-13(12)17)8-14(21)10-3-1-2-4-11(10)15(18,19)20/h5-7,10-11H,1-4,8H2. The zero-order valence-corrected chi connectivity index (χ0v) is 12.8. The smallest absolute Gasteiger partial charge is 0.299 e. The first-order chi connectivity index (χ1) is 9.79. The largest absolute Gasteiger partial charge is 0.392 e. The van der Waals surface area contributed by atoms with Crippen molar-refractivity contribution < 1.29 is 22.4 Å². The minimum absolute atomic E-state index is 0.0209. The molecule has 1 aliphatic carbocycles. The molecule has 0 heterocycles. The second kappa shape index (κ2) is 6.46. The van der Waals surface area contributed by atoms with E-state index in [4.69, 9.17) is 0 Å². The number of hydrogen-bond acceptors (Lipinski definition) is 1. The van der Waals surface area contributed by atoms with Crippen LogP contribution in [0.2, 0.25) is 0 Å². The molecule has 2 unspecified atom stereocenters. The lowest BCUT2D eigenvalue weighted by Gasteiger charge is -2.32. The Labute approximate surface area is 128 Å². The van der Waals surface area contributed by atoms with E-state index in [1.54, 1.807) is 0 Å². The summed E-state index contributed by atoms with van der Waals surface area (Å²) in [6, 6.07) is 4.08. The molecule has 1 aromatic rings. The fourth-order valence-electron chi connectivity index (χ4n) is 2.89. The van der Waals surface area contributed by atoms with Gasteiger partial charge in [0.1, 0.15) is 11.6 Å². The Morgan fingerprint density at radius 2 is 1.90 bits per heavy atom. The van der Waals surface area contributed by atoms with Gasteiger partial charge < -0.3 is 0 Å². The van der Waals surface area contributed by atoms with Gasteiger partial charge in [-0.15, -0.1) is 0 Å². The van der Waals surface area contributed by atoms with Gasteiger partial charge in [-0.2, -0.15) is 13.2 Å². The number of benzene rings is 1. The lowest BCUT2D eigenvalue weighted by atomic mass is 9.75. The number of Topliss-reactive ketones (excluding diaryl/α,β-unsaturated/α-hetero) is 1. The lowest BCUT2D eigenvalue weighted by molar-refractivity contribution is -0.197. The first-order valence-corrected chi connectivity index (χ1v) is 7.61. The van der Waals surface area contributed by atoms with Crippen LogP contribution < -0.4 is 0 Å². The van der Waals surface area contributed by atoms with Crippen LogP contribution in [0.4, 0.5) is 17.6 Å². The van der Waals surface area contributed by atoms with Crippen LogP contribution in [0.15, 0.2) is 22.7 Å². The van der Waals surface area contributed by atoms with E-state index >= 15 is 0 Å². The second-order valence-electron chi connectivity index (χ2n) is 5.43. The average molecular weight is 367 g/mol. The van der Waals surface area contributed by atoms with Gasteiger partial charge in [0.15, 0.2) is 0 Å². The van der Waals surface area contributed by atoms with Crippen LogP contribution >= 0.6 is 15.9 Å². The topological polar surface area (TPSA) is 17.1 Å². The molecular formula is C15H15BrF4O. The monoisotopic (exact) mass is 366 g/mol. The molecule has 6 heteroatoms. The summed E-state index contributed by atoms with van der Waals surface area (Å²) in [5.74, 6) is -3.38. The zero-order chi connectivity index (χ0) is 15.6. The fourth-order valence-corrected chi connectivity index (χ4v) is 3.32. The molecule has 116 valence electrons. The first-order valence-electron chi connectivity index (χ1n) is 6.82. The highest BCUT2D eigenvalue weighted by Gasteiger charge is 2.47. The summed E-state index contributed by atoms with van der Waals surface area (Å²) in [5, 5.41) is 0. The van der Waals surface area contributed by atoms with Crippen LogP contribution in [0.3, 0.4) is 0 Å². The molecule has 1 aromatic carbocycles. The van der Waals surface area contributed by atoms with Crippen molar-refractivity contribution in [2.45, 2.75) is 38.3 Å². The number of carbonyl (C=O) groups is 1. The normalized spacial score (nSPS) is 23.1. The molecule has 0 spiro atoms. The predicted octanol–water partition coefficient (Wildman–Crippen LogP) is 5.07. The fraction of sp³-hybridized carbons (Fsp3) is 0.533. The van der Waals surface area contributed by atoms with E-state index in [1.165, 1.54) is 18.2 Å². The van der Waals surface area contributed by atoms with Gasteiger partial charge in [0, 0.05) is 12.3 Å². The lowest BCUT2D eigenvalue weighted by Crippen LogP contribution is -2.37. The molecular weight excluding hydrogens is 352 g/mol. The second-order valence-corrected chi connectivity index (χ2v) is 6.28. The summed E-state index contributed by atoms with van der Waals surface area (Å²) in [6.45, 7) is 0. The Balaban J connectivity index is 2.12. The highest BCUT2D eigenvalue weighted by atomic mass is 79.9. The van der Waals surface area contributed by atoms with Gasteiger partial charge in [-0.25, -0.2) is 4.39 Å². The van der Waals surface area contributed by atoms with Crippen LogP contribution in [0.25, 0.3) is 0 Å². The maximum absolute atomic E-state index is 13.1. The summed E-state index contributed by atoms with van der Waals surface area (Å²) in [5.41, 5.74) is 0.528. The molecule has 2 rings (SSSR count). The Morgan fingerprint density at radius 1 is 1.24 bits per heavy atom. The third-order valence-electron chi connectivity index (χ3n) is 3.96. The van der Waals surface area contributed by atoms with Crippen molar-refractivity contribution in [3.8, 4) is 0 Å². The van der Waals surface area contributed by atoms with Crippen LogP contribution in [-0.2, 0) is 11.2 Å². The van der Waals surface area contributed by atoms with Gasteiger partial charge in [-0.1, -0.05) is 18.9 Å². The average Bonchev–Trinajstić information content (AvgIpc) is 2.42. The van der Waals surface area contributed by atoms with E-state index in [1.807, 2.05) is 0 Å². The maximum Gasteiger partial charge on any atom is 0.392 e. The molecule has 0 aromatic heterocycles. The van der Waals surface area contributed by atoms with Gasteiger partial charge >= 0.3 is 6.18 Å². The van der Waals surface area contributed by atoms with Gasteiger partial charge in [0.05, 0.1) is 10.4 Å². The van der Waals surface area contributed by atoms with Crippen LogP contribution in [0.5, 0.6) is 0 Å². The summed E-state index contributed by atoms with van der Waals surface area (Å²) >= 11 is 3.01. The van der Waals surface area contributed by atoms with Crippen molar-refractivity contribution in [1.29, 1.82) is 0 Å². The van der Waals surface area contributed by atoms with Crippen molar-refractivity contribution in [3.63, 3.8) is 0 Å². The molecule has 1 nitrogen and oxygen atoms in total. The Morgan fingerprint density at radius 3 is 2.52 bits per heavy atom. The highest BCUT2D eigenvalue weighted by molar-refractivity contribution is 9.10. The number of hydrogen-bond donors (Lipinski definition) is 0. The van der Waals surface area contributed by atoms with E-state index < -0.39 is 29.6 Å². The van der Waals surface area contributed by atoms with Crippen molar-refractivity contribution in [1.82, 2.24) is 0 Å². The molecule has 21 heavy (non-hydrogen) atoms. The SMILES string of the molecule is O=C(Cc1ccc(F)c(Br)c1)C1CCCCC1C(F)(F)F. The van der Waals surface area contributed by atoms with Gasteiger partial charge in [0.25, 0.3) is 0 Å². The van der Waals surface area contributed by atoms with E-state index in [2.05, 4.69) is 15.9 Å². The van der Waals surface area contributed by atoms with E-state index in [0.717, 1.165) is 0 Å². The molecule has 0 bridgehead atoms. The quantitative estimate of drug-likeness (QED) is 0.682. The maximum atomic E-state index is 13.1. The molecule has 0 N–H and O–H groups in total. The summed E-state index contributed by atoms with van der Waals surface area (Å²) in [4.78, 5) is 12.2. The van der Waals surface area contributed by atoms with Crippen LogP contribution in [0.1, 0.15) is 31.2 Å². The number of halogens is 5. The zero-order valence-electron chi connectivity index (χ0n) is 11.2. The van der Waals surface area contributed by atoms with Crippen molar-refractivity contribution in [2.75, 3.05) is 0 Å². The van der Waals surface area contributed by atoms with Gasteiger partial charge in [0.2, 0.25) is 0 Å². The number of ketones is 1. The highest BCUT2D eigenvalue weighted by Crippen LogP contribution is 2.42. The third-order valence-corrected chi connectivity index (χ3v) is 4.57. The Kier molecular flexibility index (Phi) is 5.07. The minimum Gasteiger partial charge on any atom is -0.299 e. The Hall–Kier alpha value is -0.910. The van der Waals surface area contributed by atoms with Crippen molar-refractivity contribution in [3.05, 3.63) is 34.1 Å². The van der Waals surface area contributed by atoms with Gasteiger partial charge in [-0.3, -0.25) is 4.79 Å². The predicted molar refractivity (Wildman–Crippen MR) is 74.3 cm³/mol. The number of alkyl halides is 3. The summed E-state index contributed by atoms with van der Waals surface area (Å²) in [6.07, 6.45) is -2.95. The molecule has 1 fully saturated rings. The van der Waals surface area contributed by atoms with E-state index in [9.17, 15) is 22.4 Å². The number of rotatable bonds is 3. The molecule has 1 aliphatic rings. The Bertz CT molecular complexity index is 527. The van der Waals surface area contributed by atoms with E-state index in [0.29, 0.717) is 18.4 Å². The van der Waals surface area contributed by atoms with Crippen molar-refractivity contribution in [2.24, 2.45) is 11.8 Å². The van der Waals surface area contributed by atoms with Crippen LogP contribution in [-0.4, -0.2) is 12.0 Å². The summed E-state index contributed by atoms with van der Waals surface area (Å²) in [7, 11) is 0. The molecule has 0 amide bonds. The molecule has 0 saturated heterocycles. The van der Waals surface area contributed by atoms with E-state index in [-0.39, 0.29) is 23.7 Å². The summed E-state index contributed by atoms with van der Waals surface area (Å²) < 4.78 is 52.3.